The van der Waals surface area contributed by atoms with E-state index in [2.05, 4.69) is 20.0 Å². The van der Waals surface area contributed by atoms with Crippen LogP contribution in [0.3, 0.4) is 0 Å². The lowest BCUT2D eigenvalue weighted by atomic mass is 10.2. The van der Waals surface area contributed by atoms with Gasteiger partial charge in [-0.3, -0.25) is 10.1 Å². The highest BCUT2D eigenvalue weighted by atomic mass is 35.5. The van der Waals surface area contributed by atoms with E-state index in [0.29, 0.717) is 22.1 Å². The molecule has 33 heavy (non-hydrogen) atoms. The summed E-state index contributed by atoms with van der Waals surface area (Å²) in [4.78, 5) is 9.81. The molecule has 0 radical (unpaired) electrons. The minimum atomic E-state index is -4.10. The first-order chi connectivity index (χ1) is 15.8. The lowest BCUT2D eigenvalue weighted by Crippen LogP contribution is -2.28. The zero-order chi connectivity index (χ0) is 23.6. The summed E-state index contributed by atoms with van der Waals surface area (Å²) in [6.45, 7) is -0.214. The number of ether oxygens (including phenoxy) is 1. The molecule has 0 fully saturated rings. The fraction of sp³-hybridized carbons (Fsp3) is 0.105. The summed E-state index contributed by atoms with van der Waals surface area (Å²) in [5.74, 6) is 0.616. The van der Waals surface area contributed by atoms with Crippen LogP contribution >= 0.6 is 23.2 Å². The second-order valence-electron chi connectivity index (χ2n) is 6.56. The highest BCUT2D eigenvalue weighted by molar-refractivity contribution is 7.89. The predicted octanol–water partition coefficient (Wildman–Crippen LogP) is 3.36. The molecule has 170 valence electrons. The molecule has 0 amide bonds. The molecule has 1 N–H and O–H groups in total. The quantitative estimate of drug-likeness (QED) is 0.217. The van der Waals surface area contributed by atoms with Crippen LogP contribution in [0, 0.1) is 10.1 Å². The van der Waals surface area contributed by atoms with Crippen LogP contribution in [-0.4, -0.2) is 46.3 Å². The van der Waals surface area contributed by atoms with Crippen molar-refractivity contribution in [1.82, 2.24) is 24.5 Å². The number of nitrogens with zero attached hydrogens (tertiary/aromatic N) is 5. The topological polar surface area (TPSA) is 142 Å². The van der Waals surface area contributed by atoms with Crippen molar-refractivity contribution in [3.8, 4) is 17.3 Å². The Balaban J connectivity index is 1.46. The van der Waals surface area contributed by atoms with Crippen LogP contribution in [0.2, 0.25) is 10.0 Å². The number of aromatic nitrogens is 4. The molecule has 0 aliphatic heterocycles. The molecule has 2 heterocycles. The van der Waals surface area contributed by atoms with Crippen molar-refractivity contribution in [2.75, 3.05) is 13.2 Å². The van der Waals surface area contributed by atoms with Crippen LogP contribution in [0.1, 0.15) is 0 Å². The standard InChI is InChI=1S/C19H14Cl2N6O5S/c20-14-4-2-1-3-13(14)19-24-23-17-7-8-18(25-26(17)19)32-10-9-22-33(30,31)16-11-12(27(28)29)5-6-15(16)21/h1-8,11,22H,9-10H2. The monoisotopic (exact) mass is 508 g/mol. The van der Waals surface area contributed by atoms with Gasteiger partial charge in [0.2, 0.25) is 15.9 Å². The smallest absolute Gasteiger partial charge is 0.270 e. The average Bonchev–Trinajstić information content (AvgIpc) is 3.20. The molecule has 4 aromatic rings. The van der Waals surface area contributed by atoms with Gasteiger partial charge in [-0.05, 0) is 24.3 Å². The summed E-state index contributed by atoms with van der Waals surface area (Å²) >= 11 is 12.1. The Morgan fingerprint density at radius 1 is 1.06 bits per heavy atom. The summed E-state index contributed by atoms with van der Waals surface area (Å²) in [7, 11) is -4.10. The Hall–Kier alpha value is -3.32. The summed E-state index contributed by atoms with van der Waals surface area (Å²) in [6, 6.07) is 13.5. The van der Waals surface area contributed by atoms with Crippen molar-refractivity contribution in [2.45, 2.75) is 4.90 Å². The number of rotatable bonds is 8. The maximum absolute atomic E-state index is 12.5. The number of nitro benzene ring substituents is 1. The number of non-ortho nitro benzene ring substituents is 1. The van der Waals surface area contributed by atoms with E-state index >= 15 is 0 Å². The van der Waals surface area contributed by atoms with E-state index in [1.807, 2.05) is 6.07 Å². The number of fused-ring (bicyclic) bond motifs is 1. The fourth-order valence-corrected chi connectivity index (χ4v) is 4.63. The second-order valence-corrected chi connectivity index (χ2v) is 9.11. The van der Waals surface area contributed by atoms with Gasteiger partial charge in [0.25, 0.3) is 5.69 Å². The third-order valence-corrected chi connectivity index (χ3v) is 6.68. The number of benzene rings is 2. The molecule has 11 nitrogen and oxygen atoms in total. The lowest BCUT2D eigenvalue weighted by molar-refractivity contribution is -0.385. The molecule has 0 spiro atoms. The van der Waals surface area contributed by atoms with Gasteiger partial charge in [-0.1, -0.05) is 35.3 Å². The van der Waals surface area contributed by atoms with Crippen molar-refractivity contribution in [2.24, 2.45) is 0 Å². The van der Waals surface area contributed by atoms with E-state index in [4.69, 9.17) is 27.9 Å². The Kier molecular flexibility index (Phi) is 6.42. The fourth-order valence-electron chi connectivity index (χ4n) is 2.88. The average molecular weight is 509 g/mol. The van der Waals surface area contributed by atoms with Crippen molar-refractivity contribution in [1.29, 1.82) is 0 Å². The normalized spacial score (nSPS) is 11.6. The maximum atomic E-state index is 12.5. The number of nitrogens with one attached hydrogen (secondary N) is 1. The first-order valence-corrected chi connectivity index (χ1v) is 11.5. The molecule has 0 atom stereocenters. The van der Waals surface area contributed by atoms with Gasteiger partial charge in [0, 0.05) is 30.3 Å². The van der Waals surface area contributed by atoms with Crippen molar-refractivity contribution < 1.29 is 18.1 Å². The Bertz CT molecular complexity index is 1460. The minimum absolute atomic E-state index is 0.0756. The number of nitro groups is 1. The van der Waals surface area contributed by atoms with Crippen LogP contribution in [0.25, 0.3) is 17.0 Å². The largest absolute Gasteiger partial charge is 0.475 e. The number of halogens is 2. The third-order valence-electron chi connectivity index (χ3n) is 4.41. The van der Waals surface area contributed by atoms with Gasteiger partial charge in [-0.15, -0.1) is 15.3 Å². The Labute approximate surface area is 197 Å². The summed E-state index contributed by atoms with van der Waals surface area (Å²) in [6.07, 6.45) is 0. The van der Waals surface area contributed by atoms with Crippen LogP contribution in [0.15, 0.2) is 59.5 Å². The summed E-state index contributed by atoms with van der Waals surface area (Å²) in [5.41, 5.74) is 0.716. The van der Waals surface area contributed by atoms with Gasteiger partial charge in [0.1, 0.15) is 11.5 Å². The first-order valence-electron chi connectivity index (χ1n) is 9.30. The summed E-state index contributed by atoms with van der Waals surface area (Å²) < 4.78 is 34.3. The van der Waals surface area contributed by atoms with E-state index in [-0.39, 0.29) is 24.1 Å². The van der Waals surface area contributed by atoms with Crippen LogP contribution in [0.4, 0.5) is 5.69 Å². The molecular formula is C19H14Cl2N6O5S. The molecular weight excluding hydrogens is 495 g/mol. The maximum Gasteiger partial charge on any atom is 0.270 e. The van der Waals surface area contributed by atoms with E-state index in [1.54, 1.807) is 30.3 Å². The van der Waals surface area contributed by atoms with Gasteiger partial charge in [-0.25, -0.2) is 13.1 Å². The molecule has 14 heteroatoms. The van der Waals surface area contributed by atoms with Crippen molar-refractivity contribution in [3.05, 3.63) is 74.8 Å². The van der Waals surface area contributed by atoms with Gasteiger partial charge in [-0.2, -0.15) is 4.52 Å². The second kappa shape index (κ2) is 9.27. The highest BCUT2D eigenvalue weighted by Crippen LogP contribution is 2.27. The molecule has 0 aliphatic carbocycles. The minimum Gasteiger partial charge on any atom is -0.475 e. The van der Waals surface area contributed by atoms with Gasteiger partial charge in [0.05, 0.1) is 15.0 Å². The van der Waals surface area contributed by atoms with Crippen LogP contribution in [-0.2, 0) is 10.0 Å². The molecule has 0 bridgehead atoms. The van der Waals surface area contributed by atoms with Crippen molar-refractivity contribution >= 4 is 44.6 Å². The number of hydrogen-bond acceptors (Lipinski definition) is 8. The van der Waals surface area contributed by atoms with Gasteiger partial charge >= 0.3 is 0 Å². The SMILES string of the molecule is O=[N+]([O-])c1ccc(Cl)c(S(=O)(=O)NCCOc2ccc3nnc(-c4ccccc4Cl)n3n2)c1. The van der Waals surface area contributed by atoms with E-state index in [1.165, 1.54) is 4.52 Å². The Morgan fingerprint density at radius 3 is 2.61 bits per heavy atom. The van der Waals surface area contributed by atoms with E-state index < -0.39 is 25.5 Å². The number of sulfonamides is 1. The van der Waals surface area contributed by atoms with Crippen LogP contribution < -0.4 is 9.46 Å². The van der Waals surface area contributed by atoms with E-state index in [9.17, 15) is 18.5 Å². The zero-order valence-corrected chi connectivity index (χ0v) is 18.9. The molecule has 0 aliphatic rings. The van der Waals surface area contributed by atoms with Gasteiger partial charge < -0.3 is 4.74 Å². The predicted molar refractivity (Wildman–Crippen MR) is 120 cm³/mol. The molecule has 2 aromatic carbocycles. The van der Waals surface area contributed by atoms with Crippen LogP contribution in [0.5, 0.6) is 5.88 Å². The number of hydrogen-bond donors (Lipinski definition) is 1. The zero-order valence-electron chi connectivity index (χ0n) is 16.6. The molecule has 0 unspecified atom stereocenters. The molecule has 4 rings (SSSR count). The highest BCUT2D eigenvalue weighted by Gasteiger charge is 2.21. The summed E-state index contributed by atoms with van der Waals surface area (Å²) in [5, 5.41) is 23.8. The van der Waals surface area contributed by atoms with Crippen molar-refractivity contribution in [3.63, 3.8) is 0 Å². The van der Waals surface area contributed by atoms with E-state index in [0.717, 1.165) is 18.2 Å². The molecule has 0 saturated heterocycles. The van der Waals surface area contributed by atoms with Gasteiger partial charge in [0.15, 0.2) is 11.5 Å². The third kappa shape index (κ3) is 4.88. The molecule has 0 saturated carbocycles. The first kappa shape index (κ1) is 22.9. The Morgan fingerprint density at radius 2 is 1.85 bits per heavy atom. The lowest BCUT2D eigenvalue weighted by Gasteiger charge is -2.09. The molecule has 2 aromatic heterocycles.